The summed E-state index contributed by atoms with van der Waals surface area (Å²) < 4.78 is 2.14. The minimum Gasteiger partial charge on any atom is -0.353 e. The molecule has 0 spiro atoms. The second-order valence-electron chi connectivity index (χ2n) is 5.37. The molecule has 0 bridgehead atoms. The van der Waals surface area contributed by atoms with Gasteiger partial charge in [-0.25, -0.2) is 4.98 Å². The lowest BCUT2D eigenvalue weighted by atomic mass is 10.1. The van der Waals surface area contributed by atoms with E-state index in [-0.39, 0.29) is 6.04 Å². The van der Waals surface area contributed by atoms with Crippen molar-refractivity contribution in [2.45, 2.75) is 38.8 Å². The molecule has 1 N–H and O–H groups in total. The summed E-state index contributed by atoms with van der Waals surface area (Å²) in [7, 11) is 0. The largest absolute Gasteiger partial charge is 0.353 e. The van der Waals surface area contributed by atoms with Gasteiger partial charge in [0.1, 0.15) is 0 Å². The van der Waals surface area contributed by atoms with Crippen molar-refractivity contribution >= 4 is 29.2 Å². The van der Waals surface area contributed by atoms with Crippen LogP contribution in [0.2, 0.25) is 10.0 Å². The van der Waals surface area contributed by atoms with Gasteiger partial charge in [0.05, 0.1) is 11.7 Å². The van der Waals surface area contributed by atoms with E-state index in [9.17, 15) is 0 Å². The van der Waals surface area contributed by atoms with Crippen molar-refractivity contribution in [2.75, 3.05) is 5.32 Å². The number of halogens is 2. The number of aryl methyl sites for hydroxylation is 1. The second kappa shape index (κ2) is 5.30. The van der Waals surface area contributed by atoms with Crippen LogP contribution in [-0.2, 0) is 0 Å². The van der Waals surface area contributed by atoms with E-state index in [1.165, 1.54) is 12.8 Å². The minimum absolute atomic E-state index is 0.113. The number of anilines is 1. The zero-order chi connectivity index (χ0) is 14.3. The maximum absolute atomic E-state index is 6.31. The standard InChI is InChI=1S/C15H17Cl2N3/c1-9-8-20(15(18-9)19-12-4-5-12)10(2)13-6-3-11(16)7-14(13)17/h3,6-8,10,12H,4-5H2,1-2H3,(H,18,19). The van der Waals surface area contributed by atoms with Crippen molar-refractivity contribution < 1.29 is 0 Å². The van der Waals surface area contributed by atoms with Crippen LogP contribution >= 0.6 is 23.2 Å². The van der Waals surface area contributed by atoms with Crippen LogP contribution in [0.4, 0.5) is 5.95 Å². The normalized spacial score (nSPS) is 16.2. The molecule has 20 heavy (non-hydrogen) atoms. The van der Waals surface area contributed by atoms with E-state index in [0.29, 0.717) is 16.1 Å². The fourth-order valence-electron chi connectivity index (χ4n) is 2.32. The number of rotatable bonds is 4. The van der Waals surface area contributed by atoms with E-state index in [1.807, 2.05) is 19.1 Å². The molecule has 1 unspecified atom stereocenters. The maximum atomic E-state index is 6.31. The van der Waals surface area contributed by atoms with E-state index in [4.69, 9.17) is 23.2 Å². The summed E-state index contributed by atoms with van der Waals surface area (Å²) in [6.07, 6.45) is 4.50. The molecule has 1 aliphatic carbocycles. The van der Waals surface area contributed by atoms with Gasteiger partial charge in [-0.1, -0.05) is 29.3 Å². The number of hydrogen-bond acceptors (Lipinski definition) is 2. The first kappa shape index (κ1) is 13.8. The number of benzene rings is 1. The summed E-state index contributed by atoms with van der Waals surface area (Å²) in [5.41, 5.74) is 2.05. The Morgan fingerprint density at radius 1 is 1.35 bits per heavy atom. The van der Waals surface area contributed by atoms with Gasteiger partial charge < -0.3 is 9.88 Å². The Hall–Kier alpha value is -1.19. The van der Waals surface area contributed by atoms with E-state index in [2.05, 4.69) is 28.0 Å². The van der Waals surface area contributed by atoms with Gasteiger partial charge in [-0.05, 0) is 44.4 Å². The molecule has 1 heterocycles. The Labute approximate surface area is 128 Å². The van der Waals surface area contributed by atoms with Crippen LogP contribution in [0.3, 0.4) is 0 Å². The molecule has 1 saturated carbocycles. The Morgan fingerprint density at radius 2 is 2.10 bits per heavy atom. The third-order valence-electron chi connectivity index (χ3n) is 3.59. The number of nitrogens with zero attached hydrogens (tertiary/aromatic N) is 2. The lowest BCUT2D eigenvalue weighted by Gasteiger charge is -2.18. The van der Waals surface area contributed by atoms with Crippen molar-refractivity contribution in [2.24, 2.45) is 0 Å². The molecule has 0 saturated heterocycles. The molecule has 3 rings (SSSR count). The van der Waals surface area contributed by atoms with Crippen molar-refractivity contribution in [1.82, 2.24) is 9.55 Å². The predicted molar refractivity (Wildman–Crippen MR) is 83.9 cm³/mol. The molecule has 0 aliphatic heterocycles. The summed E-state index contributed by atoms with van der Waals surface area (Å²) in [6, 6.07) is 6.32. The molecule has 1 fully saturated rings. The van der Waals surface area contributed by atoms with Crippen molar-refractivity contribution in [3.05, 3.63) is 45.7 Å². The first-order chi connectivity index (χ1) is 9.54. The Morgan fingerprint density at radius 3 is 2.75 bits per heavy atom. The van der Waals surface area contributed by atoms with Gasteiger partial charge >= 0.3 is 0 Å². The lowest BCUT2D eigenvalue weighted by Crippen LogP contribution is -2.13. The van der Waals surface area contributed by atoms with Crippen molar-refractivity contribution in [3.63, 3.8) is 0 Å². The second-order valence-corrected chi connectivity index (χ2v) is 6.22. The van der Waals surface area contributed by atoms with Crippen LogP contribution in [0, 0.1) is 6.92 Å². The van der Waals surface area contributed by atoms with Gasteiger partial charge in [-0.2, -0.15) is 0 Å². The van der Waals surface area contributed by atoms with Crippen LogP contribution in [-0.4, -0.2) is 15.6 Å². The van der Waals surface area contributed by atoms with Gasteiger partial charge in [0.25, 0.3) is 0 Å². The highest BCUT2D eigenvalue weighted by atomic mass is 35.5. The average molecular weight is 310 g/mol. The maximum Gasteiger partial charge on any atom is 0.203 e. The van der Waals surface area contributed by atoms with E-state index >= 15 is 0 Å². The highest BCUT2D eigenvalue weighted by Gasteiger charge is 2.24. The Bertz CT molecular complexity index is 632. The highest BCUT2D eigenvalue weighted by Crippen LogP contribution is 2.32. The molecule has 1 aromatic heterocycles. The average Bonchev–Trinajstić information content (AvgIpc) is 3.11. The first-order valence-corrected chi connectivity index (χ1v) is 7.57. The molecule has 0 amide bonds. The van der Waals surface area contributed by atoms with Crippen LogP contribution in [0.5, 0.6) is 0 Å². The summed E-state index contributed by atoms with van der Waals surface area (Å²) in [6.45, 7) is 4.12. The monoisotopic (exact) mass is 309 g/mol. The van der Waals surface area contributed by atoms with Crippen molar-refractivity contribution in [1.29, 1.82) is 0 Å². The molecule has 0 radical (unpaired) electrons. The Kier molecular flexibility index (Phi) is 3.65. The first-order valence-electron chi connectivity index (χ1n) is 6.81. The highest BCUT2D eigenvalue weighted by molar-refractivity contribution is 6.35. The van der Waals surface area contributed by atoms with Gasteiger partial charge in [0.2, 0.25) is 5.95 Å². The zero-order valence-corrected chi connectivity index (χ0v) is 13.0. The summed E-state index contributed by atoms with van der Waals surface area (Å²) >= 11 is 12.3. The van der Waals surface area contributed by atoms with Gasteiger partial charge in [0, 0.05) is 22.3 Å². The third-order valence-corrected chi connectivity index (χ3v) is 4.16. The zero-order valence-electron chi connectivity index (χ0n) is 11.5. The number of imidazole rings is 1. The molecule has 1 aliphatic rings. The molecule has 2 aromatic rings. The molecule has 1 atom stereocenters. The van der Waals surface area contributed by atoms with Crippen LogP contribution in [0.25, 0.3) is 0 Å². The molecule has 5 heteroatoms. The van der Waals surface area contributed by atoms with Gasteiger partial charge in [0.15, 0.2) is 0 Å². The number of aromatic nitrogens is 2. The fraction of sp³-hybridized carbons (Fsp3) is 0.400. The minimum atomic E-state index is 0.113. The third kappa shape index (κ3) is 2.79. The molecule has 3 nitrogen and oxygen atoms in total. The predicted octanol–water partition coefficient (Wildman–Crippen LogP) is 4.68. The lowest BCUT2D eigenvalue weighted by molar-refractivity contribution is 0.643. The van der Waals surface area contributed by atoms with Gasteiger partial charge in [-0.15, -0.1) is 0 Å². The molecular formula is C15H17Cl2N3. The number of hydrogen-bond donors (Lipinski definition) is 1. The smallest absolute Gasteiger partial charge is 0.203 e. The SMILES string of the molecule is Cc1cn(C(C)c2ccc(Cl)cc2Cl)c(NC2CC2)n1. The Balaban J connectivity index is 1.94. The van der Waals surface area contributed by atoms with E-state index in [0.717, 1.165) is 17.2 Å². The molecule has 106 valence electrons. The number of nitrogens with one attached hydrogen (secondary N) is 1. The van der Waals surface area contributed by atoms with Crippen LogP contribution in [0.1, 0.15) is 37.1 Å². The van der Waals surface area contributed by atoms with Crippen molar-refractivity contribution in [3.8, 4) is 0 Å². The summed E-state index contributed by atoms with van der Waals surface area (Å²) in [5, 5.41) is 4.81. The summed E-state index contributed by atoms with van der Waals surface area (Å²) in [5.74, 6) is 0.920. The molecular weight excluding hydrogens is 293 g/mol. The van der Waals surface area contributed by atoms with Crippen LogP contribution < -0.4 is 5.32 Å². The topological polar surface area (TPSA) is 29.9 Å². The summed E-state index contributed by atoms with van der Waals surface area (Å²) in [4.78, 5) is 4.57. The van der Waals surface area contributed by atoms with E-state index < -0.39 is 0 Å². The quantitative estimate of drug-likeness (QED) is 0.888. The van der Waals surface area contributed by atoms with Gasteiger partial charge in [-0.3, -0.25) is 0 Å². The van der Waals surface area contributed by atoms with Crippen LogP contribution in [0.15, 0.2) is 24.4 Å². The molecule has 1 aromatic carbocycles. The fourth-order valence-corrected chi connectivity index (χ4v) is 2.88. The van der Waals surface area contributed by atoms with E-state index in [1.54, 1.807) is 6.07 Å².